The molecule has 1 aromatic rings. The van der Waals surface area contributed by atoms with Gasteiger partial charge in [-0.1, -0.05) is 25.4 Å². The van der Waals surface area contributed by atoms with Crippen LogP contribution < -0.4 is 5.73 Å². The van der Waals surface area contributed by atoms with Crippen molar-refractivity contribution in [1.29, 1.82) is 0 Å². The van der Waals surface area contributed by atoms with E-state index in [0.717, 1.165) is 0 Å². The number of rotatable bonds is 4. The van der Waals surface area contributed by atoms with Crippen LogP contribution in [-0.4, -0.2) is 16.6 Å². The van der Waals surface area contributed by atoms with Gasteiger partial charge in [0.2, 0.25) is 0 Å². The Morgan fingerprint density at radius 1 is 1.56 bits per heavy atom. The van der Waals surface area contributed by atoms with Gasteiger partial charge >= 0.3 is 0 Å². The minimum absolute atomic E-state index is 0. The monoisotopic (exact) mass is 294 g/mol. The van der Waals surface area contributed by atoms with Gasteiger partial charge in [-0.25, -0.2) is 0 Å². The third-order valence-electron chi connectivity index (χ3n) is 2.77. The number of nitro groups is 1. The Kier molecular flexibility index (Phi) is 6.02. The highest BCUT2D eigenvalue weighted by atomic mass is 35.5. The molecule has 0 radical (unpaired) electrons. The first-order valence-corrected chi connectivity index (χ1v) is 5.47. The first kappa shape index (κ1) is 17.1. The summed E-state index contributed by atoms with van der Waals surface area (Å²) in [6.07, 6.45) is 0. The highest BCUT2D eigenvalue weighted by Gasteiger charge is 2.31. The topological polar surface area (TPSA) is 89.4 Å². The number of hydrogen-bond donors (Lipinski definition) is 2. The van der Waals surface area contributed by atoms with E-state index in [2.05, 4.69) is 0 Å². The number of hydrogen-bond acceptors (Lipinski definition) is 4. The normalized spacial score (nSPS) is 12.7. The maximum absolute atomic E-state index is 10.9. The Bertz CT molecular complexity index is 438. The van der Waals surface area contributed by atoms with E-state index in [4.69, 9.17) is 17.3 Å². The van der Waals surface area contributed by atoms with Gasteiger partial charge in [-0.05, 0) is 12.1 Å². The molecule has 0 aliphatic carbocycles. The van der Waals surface area contributed by atoms with Crippen LogP contribution in [0.5, 0.6) is 0 Å². The molecule has 0 aliphatic heterocycles. The minimum Gasteiger partial charge on any atom is -0.396 e. The van der Waals surface area contributed by atoms with Crippen molar-refractivity contribution in [3.8, 4) is 0 Å². The molecule has 0 saturated heterocycles. The number of aliphatic hydroxyl groups is 1. The third-order valence-corrected chi connectivity index (χ3v) is 3.01. The summed E-state index contributed by atoms with van der Waals surface area (Å²) in [6.45, 7) is 3.31. The lowest BCUT2D eigenvalue weighted by molar-refractivity contribution is -0.385. The number of nitrogens with zero attached hydrogens (tertiary/aromatic N) is 1. The summed E-state index contributed by atoms with van der Waals surface area (Å²) >= 11 is 5.82. The lowest BCUT2D eigenvalue weighted by Gasteiger charge is -2.29. The fraction of sp³-hybridized carbons (Fsp3) is 0.455. The maximum atomic E-state index is 10.9. The van der Waals surface area contributed by atoms with Crippen molar-refractivity contribution in [3.63, 3.8) is 0 Å². The van der Waals surface area contributed by atoms with E-state index in [-0.39, 0.29) is 24.7 Å². The second kappa shape index (κ2) is 6.33. The summed E-state index contributed by atoms with van der Waals surface area (Å²) < 4.78 is 0. The van der Waals surface area contributed by atoms with Crippen molar-refractivity contribution in [2.24, 2.45) is 11.1 Å². The number of nitro benzene ring substituents is 1. The van der Waals surface area contributed by atoms with Crippen LogP contribution in [0.4, 0.5) is 5.69 Å². The van der Waals surface area contributed by atoms with Gasteiger partial charge in [0, 0.05) is 34.7 Å². The quantitative estimate of drug-likeness (QED) is 0.660. The van der Waals surface area contributed by atoms with Gasteiger partial charge in [-0.2, -0.15) is 0 Å². The summed E-state index contributed by atoms with van der Waals surface area (Å²) in [5, 5.41) is 20.5. The molecule has 18 heavy (non-hydrogen) atoms. The average molecular weight is 295 g/mol. The molecule has 1 atom stereocenters. The molecular formula is C11H16Cl2N2O3. The van der Waals surface area contributed by atoms with Crippen LogP contribution in [0.15, 0.2) is 18.2 Å². The summed E-state index contributed by atoms with van der Waals surface area (Å²) in [4.78, 5) is 10.4. The Morgan fingerprint density at radius 3 is 2.56 bits per heavy atom. The minimum atomic E-state index is -0.661. The van der Waals surface area contributed by atoms with Crippen molar-refractivity contribution < 1.29 is 10.0 Å². The zero-order valence-corrected chi connectivity index (χ0v) is 11.7. The van der Waals surface area contributed by atoms with Crippen molar-refractivity contribution in [1.82, 2.24) is 0 Å². The number of halogens is 2. The second-order valence-electron chi connectivity index (χ2n) is 4.58. The van der Waals surface area contributed by atoms with E-state index in [9.17, 15) is 15.2 Å². The SMILES string of the molecule is CC(C)(CO)[C@@H](N)c1cc(Cl)ccc1[N+](=O)[O-].Cl. The van der Waals surface area contributed by atoms with Gasteiger partial charge in [-0.15, -0.1) is 12.4 Å². The van der Waals surface area contributed by atoms with Crippen molar-refractivity contribution in [3.05, 3.63) is 38.9 Å². The summed E-state index contributed by atoms with van der Waals surface area (Å²) in [5.74, 6) is 0. The molecule has 5 nitrogen and oxygen atoms in total. The first-order valence-electron chi connectivity index (χ1n) is 5.10. The number of nitrogens with two attached hydrogens (primary N) is 1. The number of benzene rings is 1. The first-order chi connectivity index (χ1) is 7.79. The zero-order chi connectivity index (χ0) is 13.2. The molecule has 0 fully saturated rings. The summed E-state index contributed by atoms with van der Waals surface area (Å²) in [5.41, 5.74) is 5.57. The van der Waals surface area contributed by atoms with Gasteiger partial charge < -0.3 is 10.8 Å². The van der Waals surface area contributed by atoms with E-state index in [0.29, 0.717) is 10.6 Å². The van der Waals surface area contributed by atoms with Crippen LogP contribution in [0.25, 0.3) is 0 Å². The summed E-state index contributed by atoms with van der Waals surface area (Å²) in [6, 6.07) is 3.58. The molecule has 0 bridgehead atoms. The van der Waals surface area contributed by atoms with Crippen LogP contribution in [-0.2, 0) is 0 Å². The predicted octanol–water partition coefficient (Wildman–Crippen LogP) is 2.69. The van der Waals surface area contributed by atoms with Gasteiger partial charge in [0.15, 0.2) is 0 Å². The average Bonchev–Trinajstić information content (AvgIpc) is 2.27. The third kappa shape index (κ3) is 3.55. The Balaban J connectivity index is 0.00000289. The molecule has 102 valence electrons. The fourth-order valence-electron chi connectivity index (χ4n) is 1.46. The lowest BCUT2D eigenvalue weighted by Crippen LogP contribution is -2.32. The fourth-order valence-corrected chi connectivity index (χ4v) is 1.64. The van der Waals surface area contributed by atoms with Gasteiger partial charge in [0.1, 0.15) is 0 Å². The van der Waals surface area contributed by atoms with Crippen LogP contribution in [0.3, 0.4) is 0 Å². The van der Waals surface area contributed by atoms with Gasteiger partial charge in [-0.3, -0.25) is 10.1 Å². The van der Waals surface area contributed by atoms with Crippen molar-refractivity contribution >= 4 is 29.7 Å². The molecule has 0 saturated carbocycles. The molecule has 7 heteroatoms. The zero-order valence-electron chi connectivity index (χ0n) is 10.1. The predicted molar refractivity (Wildman–Crippen MR) is 73.1 cm³/mol. The van der Waals surface area contributed by atoms with Crippen LogP contribution >= 0.6 is 24.0 Å². The number of aliphatic hydroxyl groups excluding tert-OH is 1. The van der Waals surface area contributed by atoms with E-state index in [1.807, 2.05) is 0 Å². The smallest absolute Gasteiger partial charge is 0.274 e. The van der Waals surface area contributed by atoms with Crippen LogP contribution in [0.2, 0.25) is 5.02 Å². The molecule has 0 spiro atoms. The molecule has 0 heterocycles. The Labute approximate surface area is 116 Å². The van der Waals surface area contributed by atoms with Gasteiger partial charge in [0.25, 0.3) is 5.69 Å². The lowest BCUT2D eigenvalue weighted by atomic mass is 9.81. The molecule has 0 aliphatic rings. The van der Waals surface area contributed by atoms with Crippen LogP contribution in [0.1, 0.15) is 25.5 Å². The highest BCUT2D eigenvalue weighted by Crippen LogP contribution is 2.36. The summed E-state index contributed by atoms with van der Waals surface area (Å²) in [7, 11) is 0. The highest BCUT2D eigenvalue weighted by molar-refractivity contribution is 6.30. The van der Waals surface area contributed by atoms with Crippen molar-refractivity contribution in [2.45, 2.75) is 19.9 Å². The molecule has 0 unspecified atom stereocenters. The van der Waals surface area contributed by atoms with E-state index in [1.165, 1.54) is 18.2 Å². The van der Waals surface area contributed by atoms with E-state index >= 15 is 0 Å². The molecule has 0 amide bonds. The molecule has 0 aromatic heterocycles. The van der Waals surface area contributed by atoms with Crippen molar-refractivity contribution in [2.75, 3.05) is 6.61 Å². The van der Waals surface area contributed by atoms with E-state index in [1.54, 1.807) is 13.8 Å². The molecule has 1 aromatic carbocycles. The van der Waals surface area contributed by atoms with E-state index < -0.39 is 16.4 Å². The maximum Gasteiger partial charge on any atom is 0.274 e. The standard InChI is InChI=1S/C11H15ClN2O3.ClH/c1-11(2,6-15)10(13)8-5-7(12)3-4-9(8)14(16)17;/h3-5,10,15H,6,13H2,1-2H3;1H/t10-;/m0./s1. The Morgan fingerprint density at radius 2 is 2.11 bits per heavy atom. The van der Waals surface area contributed by atoms with Crippen LogP contribution in [0, 0.1) is 15.5 Å². The molecular weight excluding hydrogens is 279 g/mol. The second-order valence-corrected chi connectivity index (χ2v) is 5.02. The molecule has 3 N–H and O–H groups in total. The molecule has 1 rings (SSSR count). The largest absolute Gasteiger partial charge is 0.396 e. The van der Waals surface area contributed by atoms with Gasteiger partial charge in [0.05, 0.1) is 4.92 Å². The Hall–Kier alpha value is -0.880.